The van der Waals surface area contributed by atoms with Crippen LogP contribution in [0.1, 0.15) is 32.6 Å². The first-order valence-corrected chi connectivity index (χ1v) is 6.32. The van der Waals surface area contributed by atoms with Crippen molar-refractivity contribution in [2.75, 3.05) is 17.2 Å². The molecule has 1 saturated carbocycles. The molecule has 5 heteroatoms. The molecule has 0 aliphatic heterocycles. The Morgan fingerprint density at radius 3 is 2.82 bits per heavy atom. The van der Waals surface area contributed by atoms with Gasteiger partial charge in [0, 0.05) is 24.7 Å². The summed E-state index contributed by atoms with van der Waals surface area (Å²) in [5, 5.41) is 6.66. The summed E-state index contributed by atoms with van der Waals surface area (Å²) in [7, 11) is 0. The number of anilines is 2. The van der Waals surface area contributed by atoms with Crippen LogP contribution in [0.15, 0.2) is 12.4 Å². The van der Waals surface area contributed by atoms with Crippen molar-refractivity contribution < 1.29 is 0 Å². The van der Waals surface area contributed by atoms with Gasteiger partial charge in [-0.25, -0.2) is 9.97 Å². The van der Waals surface area contributed by atoms with E-state index < -0.39 is 0 Å². The largest absolute Gasteiger partial charge is 0.370 e. The fourth-order valence-electron chi connectivity index (χ4n) is 1.72. The molecule has 1 heterocycles. The molecule has 1 fully saturated rings. The van der Waals surface area contributed by atoms with E-state index in [4.69, 9.17) is 5.73 Å². The average Bonchev–Trinajstić information content (AvgIpc) is 2.24. The van der Waals surface area contributed by atoms with Gasteiger partial charge in [-0.2, -0.15) is 0 Å². The highest BCUT2D eigenvalue weighted by Gasteiger charge is 2.17. The van der Waals surface area contributed by atoms with Crippen molar-refractivity contribution in [3.63, 3.8) is 0 Å². The summed E-state index contributed by atoms with van der Waals surface area (Å²) >= 11 is 0. The highest BCUT2D eigenvalue weighted by molar-refractivity contribution is 5.47. The highest BCUT2D eigenvalue weighted by Crippen LogP contribution is 2.22. The summed E-state index contributed by atoms with van der Waals surface area (Å²) in [5.41, 5.74) is 5.69. The molecular weight excluding hydrogens is 214 g/mol. The fourth-order valence-corrected chi connectivity index (χ4v) is 1.72. The summed E-state index contributed by atoms with van der Waals surface area (Å²) < 4.78 is 0. The monoisotopic (exact) mass is 235 g/mol. The lowest BCUT2D eigenvalue weighted by molar-refractivity contribution is 0.444. The first kappa shape index (κ1) is 12.1. The quantitative estimate of drug-likeness (QED) is 0.698. The van der Waals surface area contributed by atoms with E-state index in [-0.39, 0.29) is 6.04 Å². The van der Waals surface area contributed by atoms with Crippen LogP contribution < -0.4 is 16.4 Å². The normalized spacial score (nSPS) is 17.3. The molecule has 94 valence electrons. The van der Waals surface area contributed by atoms with E-state index in [1.165, 1.54) is 19.3 Å². The summed E-state index contributed by atoms with van der Waals surface area (Å²) in [4.78, 5) is 8.40. The van der Waals surface area contributed by atoms with Crippen LogP contribution in [0.5, 0.6) is 0 Å². The first-order valence-electron chi connectivity index (χ1n) is 6.32. The minimum absolute atomic E-state index is 0.219. The number of aromatic nitrogens is 2. The standard InChI is InChI=1S/C12H21N5/c1-9(13)5-6-14-11-7-12(16-8-15-11)17-10-3-2-4-10/h7-10H,2-6,13H2,1H3,(H2,14,15,16,17). The van der Waals surface area contributed by atoms with Gasteiger partial charge in [0.05, 0.1) is 0 Å². The van der Waals surface area contributed by atoms with Crippen molar-refractivity contribution >= 4 is 11.6 Å². The number of hydrogen-bond donors (Lipinski definition) is 3. The van der Waals surface area contributed by atoms with Crippen molar-refractivity contribution in [3.05, 3.63) is 12.4 Å². The highest BCUT2D eigenvalue weighted by atomic mass is 15.1. The van der Waals surface area contributed by atoms with Crippen molar-refractivity contribution in [2.24, 2.45) is 5.73 Å². The Hall–Kier alpha value is -1.36. The maximum absolute atomic E-state index is 5.69. The Kier molecular flexibility index (Phi) is 4.14. The molecule has 1 aliphatic carbocycles. The maximum atomic E-state index is 5.69. The summed E-state index contributed by atoms with van der Waals surface area (Å²) in [6.07, 6.45) is 6.35. The van der Waals surface area contributed by atoms with Gasteiger partial charge in [-0.3, -0.25) is 0 Å². The summed E-state index contributed by atoms with van der Waals surface area (Å²) in [5.74, 6) is 1.77. The van der Waals surface area contributed by atoms with Gasteiger partial charge in [-0.15, -0.1) is 0 Å². The van der Waals surface area contributed by atoms with Crippen LogP contribution in [-0.4, -0.2) is 28.6 Å². The number of nitrogens with zero attached hydrogens (tertiary/aromatic N) is 2. The van der Waals surface area contributed by atoms with Gasteiger partial charge in [0.1, 0.15) is 18.0 Å². The SMILES string of the molecule is CC(N)CCNc1cc(NC2CCC2)ncn1. The van der Waals surface area contributed by atoms with Crippen LogP contribution >= 0.6 is 0 Å². The Morgan fingerprint density at radius 1 is 1.41 bits per heavy atom. The molecule has 0 radical (unpaired) electrons. The Balaban J connectivity index is 1.82. The van der Waals surface area contributed by atoms with E-state index >= 15 is 0 Å². The number of nitrogens with two attached hydrogens (primary N) is 1. The van der Waals surface area contributed by atoms with Crippen LogP contribution in [-0.2, 0) is 0 Å². The molecule has 0 amide bonds. The molecule has 1 atom stereocenters. The molecular formula is C12H21N5. The molecule has 0 saturated heterocycles. The Morgan fingerprint density at radius 2 is 2.18 bits per heavy atom. The number of rotatable bonds is 6. The first-order chi connectivity index (χ1) is 8.24. The minimum Gasteiger partial charge on any atom is -0.370 e. The van der Waals surface area contributed by atoms with Gasteiger partial charge < -0.3 is 16.4 Å². The third kappa shape index (κ3) is 3.85. The van der Waals surface area contributed by atoms with Gasteiger partial charge in [-0.1, -0.05) is 0 Å². The van der Waals surface area contributed by atoms with Gasteiger partial charge in [-0.05, 0) is 32.6 Å². The third-order valence-corrected chi connectivity index (χ3v) is 3.03. The van der Waals surface area contributed by atoms with Crippen LogP contribution in [0.4, 0.5) is 11.6 Å². The average molecular weight is 235 g/mol. The zero-order valence-electron chi connectivity index (χ0n) is 10.3. The van der Waals surface area contributed by atoms with Crippen molar-refractivity contribution in [2.45, 2.75) is 44.7 Å². The van der Waals surface area contributed by atoms with E-state index in [9.17, 15) is 0 Å². The smallest absolute Gasteiger partial charge is 0.131 e. The summed E-state index contributed by atoms with van der Waals surface area (Å²) in [6, 6.07) is 2.78. The van der Waals surface area contributed by atoms with Gasteiger partial charge in [0.15, 0.2) is 0 Å². The predicted octanol–water partition coefficient (Wildman–Crippen LogP) is 1.59. The molecule has 17 heavy (non-hydrogen) atoms. The zero-order chi connectivity index (χ0) is 12.1. The maximum Gasteiger partial charge on any atom is 0.131 e. The second kappa shape index (κ2) is 5.82. The van der Waals surface area contributed by atoms with Crippen LogP contribution in [0.3, 0.4) is 0 Å². The molecule has 0 spiro atoms. The van der Waals surface area contributed by atoms with Crippen molar-refractivity contribution in [1.29, 1.82) is 0 Å². The topological polar surface area (TPSA) is 75.9 Å². The van der Waals surface area contributed by atoms with Crippen molar-refractivity contribution in [1.82, 2.24) is 9.97 Å². The zero-order valence-corrected chi connectivity index (χ0v) is 10.3. The molecule has 1 aromatic rings. The molecule has 1 aromatic heterocycles. The molecule has 5 nitrogen and oxygen atoms in total. The van der Waals surface area contributed by atoms with E-state index in [2.05, 4.69) is 20.6 Å². The second-order valence-corrected chi connectivity index (χ2v) is 4.75. The van der Waals surface area contributed by atoms with E-state index in [0.29, 0.717) is 6.04 Å². The molecule has 1 unspecified atom stereocenters. The van der Waals surface area contributed by atoms with Crippen molar-refractivity contribution in [3.8, 4) is 0 Å². The molecule has 0 aromatic carbocycles. The lowest BCUT2D eigenvalue weighted by atomic mass is 9.93. The molecule has 0 bridgehead atoms. The lowest BCUT2D eigenvalue weighted by Gasteiger charge is -2.26. The van der Waals surface area contributed by atoms with Crippen LogP contribution in [0, 0.1) is 0 Å². The predicted molar refractivity (Wildman–Crippen MR) is 70.0 cm³/mol. The number of nitrogens with one attached hydrogen (secondary N) is 2. The summed E-state index contributed by atoms with van der Waals surface area (Å²) in [6.45, 7) is 2.85. The van der Waals surface area contributed by atoms with Gasteiger partial charge >= 0.3 is 0 Å². The molecule has 4 N–H and O–H groups in total. The third-order valence-electron chi connectivity index (χ3n) is 3.03. The van der Waals surface area contributed by atoms with E-state index in [1.807, 2.05) is 13.0 Å². The Bertz CT molecular complexity index is 349. The lowest BCUT2D eigenvalue weighted by Crippen LogP contribution is -2.27. The van der Waals surface area contributed by atoms with E-state index in [0.717, 1.165) is 24.6 Å². The fraction of sp³-hybridized carbons (Fsp3) is 0.667. The Labute approximate surface area is 102 Å². The van der Waals surface area contributed by atoms with Crippen LogP contribution in [0.2, 0.25) is 0 Å². The van der Waals surface area contributed by atoms with Gasteiger partial charge in [0.25, 0.3) is 0 Å². The minimum atomic E-state index is 0.219. The number of hydrogen-bond acceptors (Lipinski definition) is 5. The van der Waals surface area contributed by atoms with Crippen LogP contribution in [0.25, 0.3) is 0 Å². The second-order valence-electron chi connectivity index (χ2n) is 4.75. The molecule has 2 rings (SSSR count). The van der Waals surface area contributed by atoms with E-state index in [1.54, 1.807) is 6.33 Å². The molecule has 1 aliphatic rings. The van der Waals surface area contributed by atoms with Gasteiger partial charge in [0.2, 0.25) is 0 Å².